The molecule has 1 nitrogen and oxygen atoms in total. The van der Waals surface area contributed by atoms with Crippen LogP contribution in [-0.4, -0.2) is 11.7 Å². The van der Waals surface area contributed by atoms with Crippen LogP contribution in [-0.2, 0) is 0 Å². The van der Waals surface area contributed by atoms with Crippen LogP contribution in [0.25, 0.3) is 0 Å². The molecule has 0 aliphatic rings. The summed E-state index contributed by atoms with van der Waals surface area (Å²) in [6.45, 7) is 10.1. The van der Waals surface area contributed by atoms with Crippen LogP contribution in [0.15, 0.2) is 24.3 Å². The van der Waals surface area contributed by atoms with Gasteiger partial charge in [0.2, 0.25) is 0 Å². The summed E-state index contributed by atoms with van der Waals surface area (Å²) in [5.41, 5.74) is 0. The Kier molecular flexibility index (Phi) is 45.9. The van der Waals surface area contributed by atoms with E-state index in [1.165, 1.54) is 0 Å². The molecule has 0 saturated heterocycles. The fraction of sp³-hybridized carbons (Fsp3) is 0.636. The Labute approximate surface area is 77.8 Å². The molecular weight excluding hydrogens is 148 g/mol. The highest BCUT2D eigenvalue weighted by molar-refractivity contribution is 4.90. The zero-order chi connectivity index (χ0) is 10.2. The second-order valence-corrected chi connectivity index (χ2v) is 1.46. The Balaban J connectivity index is -0.000000175. The molecule has 0 aliphatic carbocycles. The van der Waals surface area contributed by atoms with Crippen LogP contribution in [0, 0.1) is 0 Å². The second-order valence-electron chi connectivity index (χ2n) is 1.46. The quantitative estimate of drug-likeness (QED) is 0.645. The van der Waals surface area contributed by atoms with Crippen LogP contribution in [0.4, 0.5) is 0 Å². The van der Waals surface area contributed by atoms with Gasteiger partial charge in [-0.15, -0.1) is 0 Å². The predicted molar refractivity (Wildman–Crippen MR) is 58.4 cm³/mol. The third kappa shape index (κ3) is 34.1. The van der Waals surface area contributed by atoms with Gasteiger partial charge >= 0.3 is 0 Å². The van der Waals surface area contributed by atoms with Gasteiger partial charge in [-0.05, 0) is 13.3 Å². The molecule has 0 aromatic rings. The standard InChI is InChI=1S/C7H12O.2C2H6/c1-2-3-4-5-6-7-8;2*1-2/h2-3,5-6,8H,4,7H2,1H3;2*1-2H3/b3-2-,6-5-;;. The molecule has 0 spiro atoms. The van der Waals surface area contributed by atoms with Crippen molar-refractivity contribution >= 4 is 0 Å². The summed E-state index contributed by atoms with van der Waals surface area (Å²) in [7, 11) is 0. The molecule has 0 radical (unpaired) electrons. The molecule has 0 fully saturated rings. The highest BCUT2D eigenvalue weighted by atomic mass is 16.2. The van der Waals surface area contributed by atoms with Crippen LogP contribution in [0.2, 0.25) is 0 Å². The molecule has 74 valence electrons. The maximum atomic E-state index is 8.25. The normalized spacial score (nSPS) is 8.83. The van der Waals surface area contributed by atoms with Gasteiger partial charge in [0.15, 0.2) is 0 Å². The van der Waals surface area contributed by atoms with E-state index < -0.39 is 0 Å². The topological polar surface area (TPSA) is 20.2 Å². The minimum Gasteiger partial charge on any atom is -0.392 e. The minimum atomic E-state index is 0.150. The summed E-state index contributed by atoms with van der Waals surface area (Å²) in [6.07, 6.45) is 8.62. The molecule has 0 bridgehead atoms. The minimum absolute atomic E-state index is 0.150. The lowest BCUT2D eigenvalue weighted by atomic mass is 10.3. The summed E-state index contributed by atoms with van der Waals surface area (Å²) >= 11 is 0. The van der Waals surface area contributed by atoms with Crippen molar-refractivity contribution in [2.45, 2.75) is 41.0 Å². The molecule has 0 aromatic carbocycles. The van der Waals surface area contributed by atoms with E-state index in [4.69, 9.17) is 5.11 Å². The van der Waals surface area contributed by atoms with Gasteiger partial charge in [0.05, 0.1) is 6.61 Å². The van der Waals surface area contributed by atoms with E-state index in [9.17, 15) is 0 Å². The van der Waals surface area contributed by atoms with Crippen molar-refractivity contribution in [3.8, 4) is 0 Å². The molecule has 12 heavy (non-hydrogen) atoms. The summed E-state index contributed by atoms with van der Waals surface area (Å²) in [5.74, 6) is 0. The van der Waals surface area contributed by atoms with Crippen molar-refractivity contribution in [1.29, 1.82) is 0 Å². The first kappa shape index (κ1) is 17.5. The van der Waals surface area contributed by atoms with E-state index in [2.05, 4.69) is 0 Å². The van der Waals surface area contributed by atoms with Crippen molar-refractivity contribution < 1.29 is 5.11 Å². The number of hydrogen-bond donors (Lipinski definition) is 1. The number of allylic oxidation sites excluding steroid dienone is 3. The van der Waals surface area contributed by atoms with Crippen molar-refractivity contribution in [2.75, 3.05) is 6.61 Å². The van der Waals surface area contributed by atoms with Crippen molar-refractivity contribution in [1.82, 2.24) is 0 Å². The Morgan fingerprint density at radius 3 is 1.75 bits per heavy atom. The van der Waals surface area contributed by atoms with E-state index >= 15 is 0 Å². The third-order valence-electron chi connectivity index (χ3n) is 0.780. The average Bonchev–Trinajstić information content (AvgIpc) is 2.19. The van der Waals surface area contributed by atoms with Gasteiger partial charge in [0.1, 0.15) is 0 Å². The van der Waals surface area contributed by atoms with Gasteiger partial charge < -0.3 is 5.11 Å². The average molecular weight is 172 g/mol. The van der Waals surface area contributed by atoms with E-state index in [0.717, 1.165) is 6.42 Å². The summed E-state index contributed by atoms with van der Waals surface area (Å²) in [4.78, 5) is 0. The highest BCUT2D eigenvalue weighted by Crippen LogP contribution is 1.83. The SMILES string of the molecule is C/C=C\C/C=C\CO.CC.CC. The number of aliphatic hydroxyl groups is 1. The van der Waals surface area contributed by atoms with Gasteiger partial charge in [-0.25, -0.2) is 0 Å². The summed E-state index contributed by atoms with van der Waals surface area (Å²) in [5, 5.41) is 8.25. The Bertz CT molecular complexity index is 83.0. The van der Waals surface area contributed by atoms with Crippen LogP contribution in [0.3, 0.4) is 0 Å². The maximum absolute atomic E-state index is 8.25. The number of rotatable bonds is 3. The van der Waals surface area contributed by atoms with Gasteiger partial charge in [0, 0.05) is 0 Å². The molecule has 0 aromatic heterocycles. The number of aliphatic hydroxyl groups excluding tert-OH is 1. The van der Waals surface area contributed by atoms with Gasteiger partial charge in [-0.1, -0.05) is 52.0 Å². The fourth-order valence-electron chi connectivity index (χ4n) is 0.385. The molecule has 0 unspecified atom stereocenters. The highest BCUT2D eigenvalue weighted by Gasteiger charge is 1.65. The Hall–Kier alpha value is -0.560. The van der Waals surface area contributed by atoms with Gasteiger partial charge in [0.25, 0.3) is 0 Å². The maximum Gasteiger partial charge on any atom is 0.0612 e. The van der Waals surface area contributed by atoms with E-state index in [1.54, 1.807) is 6.08 Å². The molecular formula is C11H24O. The molecule has 0 aliphatic heterocycles. The van der Waals surface area contributed by atoms with E-state index in [-0.39, 0.29) is 6.61 Å². The molecule has 1 N–H and O–H groups in total. The first-order chi connectivity index (χ1) is 5.91. The molecule has 0 rings (SSSR count). The Morgan fingerprint density at radius 1 is 0.917 bits per heavy atom. The lowest BCUT2D eigenvalue weighted by molar-refractivity contribution is 0.342. The molecule has 0 heterocycles. The van der Waals surface area contributed by atoms with E-state index in [0.29, 0.717) is 0 Å². The zero-order valence-corrected chi connectivity index (χ0v) is 9.17. The van der Waals surface area contributed by atoms with Gasteiger partial charge in [-0.3, -0.25) is 0 Å². The monoisotopic (exact) mass is 172 g/mol. The fourth-order valence-corrected chi connectivity index (χ4v) is 0.385. The number of hydrogen-bond acceptors (Lipinski definition) is 1. The summed E-state index contributed by atoms with van der Waals surface area (Å²) in [6, 6.07) is 0. The smallest absolute Gasteiger partial charge is 0.0612 e. The zero-order valence-electron chi connectivity index (χ0n) is 9.17. The first-order valence-electron chi connectivity index (χ1n) is 4.78. The lowest BCUT2D eigenvalue weighted by Gasteiger charge is -1.77. The van der Waals surface area contributed by atoms with E-state index in [1.807, 2.05) is 52.8 Å². The molecule has 0 saturated carbocycles. The molecule has 0 amide bonds. The molecule has 0 atom stereocenters. The second kappa shape index (κ2) is 31.4. The van der Waals surface area contributed by atoms with Gasteiger partial charge in [-0.2, -0.15) is 0 Å². The van der Waals surface area contributed by atoms with Crippen molar-refractivity contribution in [3.63, 3.8) is 0 Å². The molecule has 1 heteroatoms. The third-order valence-corrected chi connectivity index (χ3v) is 0.780. The largest absolute Gasteiger partial charge is 0.392 e. The summed E-state index contributed by atoms with van der Waals surface area (Å²) < 4.78 is 0. The predicted octanol–water partition coefficient (Wildman–Crippen LogP) is 3.55. The first-order valence-corrected chi connectivity index (χ1v) is 4.78. The lowest BCUT2D eigenvalue weighted by Crippen LogP contribution is -1.68. The van der Waals surface area contributed by atoms with Crippen LogP contribution >= 0.6 is 0 Å². The van der Waals surface area contributed by atoms with Crippen molar-refractivity contribution in [3.05, 3.63) is 24.3 Å². The Morgan fingerprint density at radius 2 is 1.42 bits per heavy atom. The van der Waals surface area contributed by atoms with Crippen LogP contribution < -0.4 is 0 Å². The van der Waals surface area contributed by atoms with Crippen LogP contribution in [0.1, 0.15) is 41.0 Å². The van der Waals surface area contributed by atoms with Crippen molar-refractivity contribution in [2.24, 2.45) is 0 Å². The van der Waals surface area contributed by atoms with Crippen LogP contribution in [0.5, 0.6) is 0 Å².